The average Bonchev–Trinajstić information content (AvgIpc) is 3.16. The Morgan fingerprint density at radius 2 is 1.79 bits per heavy atom. The molecule has 148 valence electrons. The summed E-state index contributed by atoms with van der Waals surface area (Å²) in [5.74, 6) is -0.239. The maximum absolute atomic E-state index is 13.2. The molecule has 6 heteroatoms. The van der Waals surface area contributed by atoms with Crippen molar-refractivity contribution >= 4 is 17.5 Å². The summed E-state index contributed by atoms with van der Waals surface area (Å²) in [6, 6.07) is 19.6. The van der Waals surface area contributed by atoms with E-state index in [9.17, 15) is 9.59 Å². The van der Waals surface area contributed by atoms with Crippen LogP contribution < -0.4 is 4.90 Å². The number of hydrogen-bond donors (Lipinski definition) is 0. The number of hydrogen-bond acceptors (Lipinski definition) is 3. The van der Waals surface area contributed by atoms with E-state index >= 15 is 0 Å². The van der Waals surface area contributed by atoms with Gasteiger partial charge < -0.3 is 9.80 Å². The molecule has 2 heterocycles. The van der Waals surface area contributed by atoms with E-state index in [0.717, 1.165) is 16.8 Å². The van der Waals surface area contributed by atoms with Crippen molar-refractivity contribution in [3.63, 3.8) is 0 Å². The molecule has 1 atom stereocenters. The summed E-state index contributed by atoms with van der Waals surface area (Å²) in [6.45, 7) is 2.53. The lowest BCUT2D eigenvalue weighted by Gasteiger charge is -2.41. The van der Waals surface area contributed by atoms with Crippen molar-refractivity contribution in [2.45, 2.75) is 19.4 Å². The largest absolute Gasteiger partial charge is 0.323 e. The molecule has 1 fully saturated rings. The number of rotatable bonds is 4. The van der Waals surface area contributed by atoms with Gasteiger partial charge in [0.2, 0.25) is 5.91 Å². The van der Waals surface area contributed by atoms with Crippen LogP contribution in [0.3, 0.4) is 0 Å². The Morgan fingerprint density at radius 1 is 1.07 bits per heavy atom. The first-order chi connectivity index (χ1) is 14.0. The number of aryl methyl sites for hydroxylation is 2. The summed E-state index contributed by atoms with van der Waals surface area (Å²) in [6.07, 6.45) is 2.28. The topological polar surface area (TPSA) is 58.4 Å². The molecule has 29 heavy (non-hydrogen) atoms. The van der Waals surface area contributed by atoms with Gasteiger partial charge in [-0.05, 0) is 37.1 Å². The van der Waals surface area contributed by atoms with Gasteiger partial charge in [-0.3, -0.25) is 14.3 Å². The second-order valence-electron chi connectivity index (χ2n) is 7.46. The predicted octanol–water partition coefficient (Wildman–Crippen LogP) is 2.83. The number of anilines is 1. The minimum absolute atomic E-state index is 0.0510. The molecule has 0 bridgehead atoms. The van der Waals surface area contributed by atoms with E-state index in [0.29, 0.717) is 18.7 Å². The molecule has 0 N–H and O–H groups in total. The SMILES string of the molecule is Cc1ccc(N2C[C@H](Cc3ccccc3)N(C(=O)c3ccnn3C)CC2=O)cc1. The van der Waals surface area contributed by atoms with Crippen LogP contribution in [0.15, 0.2) is 66.9 Å². The van der Waals surface area contributed by atoms with Crippen LogP contribution >= 0.6 is 0 Å². The molecule has 6 nitrogen and oxygen atoms in total. The number of amides is 2. The van der Waals surface area contributed by atoms with Gasteiger partial charge in [-0.1, -0.05) is 48.0 Å². The fourth-order valence-electron chi connectivity index (χ4n) is 3.77. The van der Waals surface area contributed by atoms with Crippen LogP contribution in [-0.4, -0.2) is 45.6 Å². The van der Waals surface area contributed by atoms with Gasteiger partial charge in [-0.25, -0.2) is 0 Å². The summed E-state index contributed by atoms with van der Waals surface area (Å²) in [5.41, 5.74) is 3.64. The van der Waals surface area contributed by atoms with Crippen LogP contribution in [0.2, 0.25) is 0 Å². The van der Waals surface area contributed by atoms with Crippen molar-refractivity contribution < 1.29 is 9.59 Å². The Hall–Kier alpha value is -3.41. The van der Waals surface area contributed by atoms with Crippen molar-refractivity contribution in [3.05, 3.63) is 83.7 Å². The second-order valence-corrected chi connectivity index (χ2v) is 7.46. The molecule has 0 unspecified atom stereocenters. The molecule has 1 aliphatic heterocycles. The van der Waals surface area contributed by atoms with E-state index in [1.807, 2.05) is 49.4 Å². The molecule has 0 radical (unpaired) electrons. The van der Waals surface area contributed by atoms with E-state index in [-0.39, 0.29) is 24.4 Å². The van der Waals surface area contributed by atoms with E-state index in [2.05, 4.69) is 17.2 Å². The Bertz CT molecular complexity index is 1010. The zero-order valence-corrected chi connectivity index (χ0v) is 16.7. The highest BCUT2D eigenvalue weighted by Gasteiger charge is 2.36. The maximum atomic E-state index is 13.2. The quantitative estimate of drug-likeness (QED) is 0.691. The van der Waals surface area contributed by atoms with Crippen LogP contribution in [0.25, 0.3) is 0 Å². The first kappa shape index (κ1) is 18.9. The summed E-state index contributed by atoms with van der Waals surface area (Å²) in [4.78, 5) is 29.6. The number of carbonyl (C=O) groups excluding carboxylic acids is 2. The first-order valence-corrected chi connectivity index (χ1v) is 9.73. The summed E-state index contributed by atoms with van der Waals surface area (Å²) in [5, 5.41) is 4.11. The van der Waals surface area contributed by atoms with Crippen LogP contribution in [0.5, 0.6) is 0 Å². The highest BCUT2D eigenvalue weighted by atomic mass is 16.2. The van der Waals surface area contributed by atoms with Crippen LogP contribution in [0, 0.1) is 6.92 Å². The summed E-state index contributed by atoms with van der Waals surface area (Å²) >= 11 is 0. The van der Waals surface area contributed by atoms with Crippen molar-refractivity contribution in [1.29, 1.82) is 0 Å². The molecule has 2 aromatic carbocycles. The van der Waals surface area contributed by atoms with Gasteiger partial charge in [0.15, 0.2) is 0 Å². The molecule has 1 aliphatic rings. The molecule has 2 amide bonds. The standard InChI is InChI=1S/C23H24N4O2/c1-17-8-10-19(11-9-17)26-15-20(14-18-6-4-3-5-7-18)27(16-22(26)28)23(29)21-12-13-24-25(21)2/h3-13,20H,14-16H2,1-2H3/t20-/m0/s1. The van der Waals surface area contributed by atoms with E-state index in [1.54, 1.807) is 33.8 Å². The van der Waals surface area contributed by atoms with Crippen LogP contribution in [-0.2, 0) is 18.3 Å². The molecule has 3 aromatic rings. The lowest BCUT2D eigenvalue weighted by molar-refractivity contribution is -0.121. The molecular weight excluding hydrogens is 364 g/mol. The molecule has 0 aliphatic carbocycles. The zero-order valence-electron chi connectivity index (χ0n) is 16.7. The third-order valence-electron chi connectivity index (χ3n) is 5.40. The average molecular weight is 388 g/mol. The molecule has 1 aromatic heterocycles. The third-order valence-corrected chi connectivity index (χ3v) is 5.40. The monoisotopic (exact) mass is 388 g/mol. The van der Waals surface area contributed by atoms with E-state index in [1.165, 1.54) is 0 Å². The maximum Gasteiger partial charge on any atom is 0.272 e. The first-order valence-electron chi connectivity index (χ1n) is 9.73. The number of aromatic nitrogens is 2. The zero-order chi connectivity index (χ0) is 20.4. The molecular formula is C23H24N4O2. The molecule has 4 rings (SSSR count). The van der Waals surface area contributed by atoms with E-state index in [4.69, 9.17) is 0 Å². The van der Waals surface area contributed by atoms with E-state index < -0.39 is 0 Å². The van der Waals surface area contributed by atoms with Crippen molar-refractivity contribution in [2.75, 3.05) is 18.0 Å². The van der Waals surface area contributed by atoms with Crippen molar-refractivity contribution in [1.82, 2.24) is 14.7 Å². The molecule has 1 saturated heterocycles. The fourth-order valence-corrected chi connectivity index (χ4v) is 3.77. The third kappa shape index (κ3) is 3.92. The minimum Gasteiger partial charge on any atom is -0.323 e. The van der Waals surface area contributed by atoms with Gasteiger partial charge in [0.25, 0.3) is 5.91 Å². The Labute approximate surface area is 170 Å². The normalized spacial score (nSPS) is 16.9. The Kier molecular flexibility index (Phi) is 5.16. The summed E-state index contributed by atoms with van der Waals surface area (Å²) in [7, 11) is 1.74. The van der Waals surface area contributed by atoms with Gasteiger partial charge in [0.1, 0.15) is 12.2 Å². The smallest absolute Gasteiger partial charge is 0.272 e. The minimum atomic E-state index is -0.164. The Morgan fingerprint density at radius 3 is 2.45 bits per heavy atom. The van der Waals surface area contributed by atoms with Gasteiger partial charge in [-0.2, -0.15) is 5.10 Å². The van der Waals surface area contributed by atoms with Crippen LogP contribution in [0.4, 0.5) is 5.69 Å². The lowest BCUT2D eigenvalue weighted by atomic mass is 10.0. The second kappa shape index (κ2) is 7.91. The lowest BCUT2D eigenvalue weighted by Crippen LogP contribution is -2.59. The number of carbonyl (C=O) groups is 2. The molecule has 0 spiro atoms. The van der Waals surface area contributed by atoms with Crippen molar-refractivity contribution in [2.24, 2.45) is 7.05 Å². The van der Waals surface area contributed by atoms with Gasteiger partial charge in [0, 0.05) is 25.5 Å². The highest BCUT2D eigenvalue weighted by molar-refractivity contribution is 6.01. The number of piperazine rings is 1. The van der Waals surface area contributed by atoms with Gasteiger partial charge in [0.05, 0.1) is 6.04 Å². The fraction of sp³-hybridized carbons (Fsp3) is 0.261. The molecule has 0 saturated carbocycles. The number of nitrogens with zero attached hydrogens (tertiary/aromatic N) is 4. The predicted molar refractivity (Wildman–Crippen MR) is 112 cm³/mol. The Balaban J connectivity index is 1.65. The van der Waals surface area contributed by atoms with Gasteiger partial charge >= 0.3 is 0 Å². The highest BCUT2D eigenvalue weighted by Crippen LogP contribution is 2.24. The van der Waals surface area contributed by atoms with Crippen molar-refractivity contribution in [3.8, 4) is 0 Å². The van der Waals surface area contributed by atoms with Crippen LogP contribution in [0.1, 0.15) is 21.6 Å². The number of benzene rings is 2. The van der Waals surface area contributed by atoms with Gasteiger partial charge in [-0.15, -0.1) is 0 Å². The summed E-state index contributed by atoms with van der Waals surface area (Å²) < 4.78 is 1.55.